The maximum Gasteiger partial charge on any atom is 0.191 e. The third-order valence-corrected chi connectivity index (χ3v) is 4.46. The van der Waals surface area contributed by atoms with E-state index in [1.807, 2.05) is 11.0 Å². The second-order valence-corrected chi connectivity index (χ2v) is 6.02. The maximum atomic E-state index is 14.1. The number of hydrogen-bond donors (Lipinski definition) is 1. The van der Waals surface area contributed by atoms with Crippen LogP contribution in [0.4, 0.5) is 4.39 Å². The molecule has 0 aliphatic carbocycles. The molecular formula is C15H22BrFN4. The van der Waals surface area contributed by atoms with E-state index in [1.54, 1.807) is 6.07 Å². The Morgan fingerprint density at radius 3 is 2.81 bits per heavy atom. The third kappa shape index (κ3) is 3.74. The van der Waals surface area contributed by atoms with Crippen LogP contribution in [0.1, 0.15) is 25.5 Å². The normalized spacial score (nSPS) is 18.4. The topological polar surface area (TPSA) is 44.9 Å². The molecule has 1 aromatic carbocycles. The van der Waals surface area contributed by atoms with Crippen LogP contribution >= 0.6 is 15.9 Å². The Balaban J connectivity index is 2.14. The lowest BCUT2D eigenvalue weighted by Crippen LogP contribution is -2.41. The second kappa shape index (κ2) is 7.22. The largest absolute Gasteiger partial charge is 0.370 e. The van der Waals surface area contributed by atoms with E-state index in [9.17, 15) is 4.39 Å². The first-order valence-electron chi connectivity index (χ1n) is 7.30. The lowest BCUT2D eigenvalue weighted by Gasteiger charge is -2.29. The van der Waals surface area contributed by atoms with Gasteiger partial charge in [0.05, 0.1) is 12.6 Å². The van der Waals surface area contributed by atoms with E-state index in [4.69, 9.17) is 5.73 Å². The summed E-state index contributed by atoms with van der Waals surface area (Å²) in [5.74, 6) is 0.299. The smallest absolute Gasteiger partial charge is 0.191 e. The fraction of sp³-hybridized carbons (Fsp3) is 0.533. The molecule has 1 aromatic rings. The first-order chi connectivity index (χ1) is 10.1. The number of halogens is 2. The van der Waals surface area contributed by atoms with Gasteiger partial charge in [0.25, 0.3) is 0 Å². The van der Waals surface area contributed by atoms with E-state index in [0.717, 1.165) is 30.7 Å². The van der Waals surface area contributed by atoms with Gasteiger partial charge >= 0.3 is 0 Å². The average molecular weight is 357 g/mol. The SMILES string of the molecule is CCN(CC)CCN1C(N)=NCC1c1cc(Br)ccc1F. The highest BCUT2D eigenvalue weighted by molar-refractivity contribution is 9.10. The molecule has 2 N–H and O–H groups in total. The van der Waals surface area contributed by atoms with Gasteiger partial charge in [-0.3, -0.25) is 4.99 Å². The molecule has 2 rings (SSSR count). The summed E-state index contributed by atoms with van der Waals surface area (Å²) in [5, 5.41) is 0. The number of guanidine groups is 1. The number of aliphatic imine (C=N–C) groups is 1. The zero-order valence-corrected chi connectivity index (χ0v) is 14.1. The van der Waals surface area contributed by atoms with Crippen LogP contribution in [0.2, 0.25) is 0 Å². The van der Waals surface area contributed by atoms with E-state index in [2.05, 4.69) is 39.7 Å². The van der Waals surface area contributed by atoms with Gasteiger partial charge in [-0.25, -0.2) is 4.39 Å². The van der Waals surface area contributed by atoms with E-state index in [0.29, 0.717) is 18.1 Å². The van der Waals surface area contributed by atoms with Crippen molar-refractivity contribution in [1.82, 2.24) is 9.80 Å². The number of nitrogens with zero attached hydrogens (tertiary/aromatic N) is 3. The van der Waals surface area contributed by atoms with Gasteiger partial charge in [0.2, 0.25) is 0 Å². The number of rotatable bonds is 6. The van der Waals surface area contributed by atoms with Gasteiger partial charge in [0, 0.05) is 23.1 Å². The summed E-state index contributed by atoms with van der Waals surface area (Å²) in [6, 6.07) is 4.89. The molecule has 0 saturated heterocycles. The lowest BCUT2D eigenvalue weighted by molar-refractivity contribution is 0.246. The predicted molar refractivity (Wildman–Crippen MR) is 87.8 cm³/mol. The summed E-state index contributed by atoms with van der Waals surface area (Å²) in [6.07, 6.45) is 0. The van der Waals surface area contributed by atoms with Crippen molar-refractivity contribution in [3.05, 3.63) is 34.1 Å². The molecule has 0 spiro atoms. The molecule has 0 amide bonds. The minimum absolute atomic E-state index is 0.113. The molecule has 0 saturated carbocycles. The molecule has 1 atom stereocenters. The summed E-state index contributed by atoms with van der Waals surface area (Å²) < 4.78 is 15.0. The Morgan fingerprint density at radius 1 is 1.43 bits per heavy atom. The van der Waals surface area contributed by atoms with Crippen molar-refractivity contribution < 1.29 is 4.39 Å². The molecule has 1 unspecified atom stereocenters. The standard InChI is InChI=1S/C15H22BrFN4/c1-3-20(4-2)7-8-21-14(10-19-15(21)18)12-9-11(16)5-6-13(12)17/h5-6,9,14H,3-4,7-8,10H2,1-2H3,(H2,18,19). The second-order valence-electron chi connectivity index (χ2n) is 5.10. The van der Waals surface area contributed by atoms with E-state index < -0.39 is 0 Å². The van der Waals surface area contributed by atoms with Crippen LogP contribution in [0.25, 0.3) is 0 Å². The minimum atomic E-state index is -0.207. The van der Waals surface area contributed by atoms with Crippen molar-refractivity contribution in [2.75, 3.05) is 32.7 Å². The van der Waals surface area contributed by atoms with Gasteiger partial charge in [-0.15, -0.1) is 0 Å². The van der Waals surface area contributed by atoms with E-state index in [1.165, 1.54) is 6.07 Å². The van der Waals surface area contributed by atoms with Crippen LogP contribution in [0.15, 0.2) is 27.7 Å². The molecule has 0 fully saturated rings. The average Bonchev–Trinajstić information content (AvgIpc) is 2.84. The number of likely N-dealkylation sites (N-methyl/N-ethyl adjacent to an activating group) is 1. The van der Waals surface area contributed by atoms with Crippen LogP contribution in [-0.2, 0) is 0 Å². The summed E-state index contributed by atoms with van der Waals surface area (Å²) in [5.41, 5.74) is 6.63. The van der Waals surface area contributed by atoms with Gasteiger partial charge < -0.3 is 15.5 Å². The molecule has 4 nitrogen and oxygen atoms in total. The first-order valence-corrected chi connectivity index (χ1v) is 8.10. The highest BCUT2D eigenvalue weighted by Gasteiger charge is 2.29. The van der Waals surface area contributed by atoms with Crippen LogP contribution in [-0.4, -0.2) is 48.5 Å². The molecule has 0 aromatic heterocycles. The fourth-order valence-corrected chi connectivity index (χ4v) is 3.00. The van der Waals surface area contributed by atoms with Crippen molar-refractivity contribution >= 4 is 21.9 Å². The molecule has 0 radical (unpaired) electrons. The van der Waals surface area contributed by atoms with Crippen LogP contribution in [0.3, 0.4) is 0 Å². The molecule has 0 bridgehead atoms. The van der Waals surface area contributed by atoms with Gasteiger partial charge in [0.1, 0.15) is 5.82 Å². The number of benzene rings is 1. The molecule has 1 heterocycles. The third-order valence-electron chi connectivity index (χ3n) is 3.97. The predicted octanol–water partition coefficient (Wildman–Crippen LogP) is 2.60. The Morgan fingerprint density at radius 2 is 2.14 bits per heavy atom. The Hall–Kier alpha value is -1.14. The quantitative estimate of drug-likeness (QED) is 0.851. The number of nitrogens with two attached hydrogens (primary N) is 1. The van der Waals surface area contributed by atoms with Crippen LogP contribution in [0.5, 0.6) is 0 Å². The highest BCUT2D eigenvalue weighted by atomic mass is 79.9. The number of hydrogen-bond acceptors (Lipinski definition) is 4. The van der Waals surface area contributed by atoms with Gasteiger partial charge in [-0.2, -0.15) is 0 Å². The van der Waals surface area contributed by atoms with Gasteiger partial charge in [-0.05, 0) is 31.3 Å². The fourth-order valence-electron chi connectivity index (χ4n) is 2.62. The van der Waals surface area contributed by atoms with Crippen LogP contribution < -0.4 is 5.73 Å². The summed E-state index contributed by atoms with van der Waals surface area (Å²) in [4.78, 5) is 8.62. The van der Waals surface area contributed by atoms with Crippen LogP contribution in [0, 0.1) is 5.82 Å². The van der Waals surface area contributed by atoms with Crippen molar-refractivity contribution in [1.29, 1.82) is 0 Å². The highest BCUT2D eigenvalue weighted by Crippen LogP contribution is 2.29. The Labute approximate surface area is 133 Å². The Bertz CT molecular complexity index is 516. The molecule has 21 heavy (non-hydrogen) atoms. The van der Waals surface area contributed by atoms with E-state index in [-0.39, 0.29) is 11.9 Å². The minimum Gasteiger partial charge on any atom is -0.370 e. The molecule has 1 aliphatic rings. The van der Waals surface area contributed by atoms with E-state index >= 15 is 0 Å². The monoisotopic (exact) mass is 356 g/mol. The van der Waals surface area contributed by atoms with Gasteiger partial charge in [0.15, 0.2) is 5.96 Å². The Kier molecular flexibility index (Phi) is 5.58. The molecule has 6 heteroatoms. The molecule has 116 valence electrons. The first kappa shape index (κ1) is 16.2. The maximum absolute atomic E-state index is 14.1. The van der Waals surface area contributed by atoms with Crippen molar-refractivity contribution in [2.24, 2.45) is 10.7 Å². The zero-order chi connectivity index (χ0) is 15.4. The molecule has 1 aliphatic heterocycles. The van der Waals surface area contributed by atoms with Crippen molar-refractivity contribution in [3.8, 4) is 0 Å². The van der Waals surface area contributed by atoms with Crippen molar-refractivity contribution in [2.45, 2.75) is 19.9 Å². The summed E-state index contributed by atoms with van der Waals surface area (Å²) in [7, 11) is 0. The zero-order valence-electron chi connectivity index (χ0n) is 12.5. The van der Waals surface area contributed by atoms with Crippen molar-refractivity contribution in [3.63, 3.8) is 0 Å². The molecular weight excluding hydrogens is 335 g/mol. The summed E-state index contributed by atoms with van der Waals surface area (Å²) >= 11 is 3.40. The lowest BCUT2D eigenvalue weighted by atomic mass is 10.1. The summed E-state index contributed by atoms with van der Waals surface area (Å²) in [6.45, 7) is 8.43. The van der Waals surface area contributed by atoms with Gasteiger partial charge in [-0.1, -0.05) is 29.8 Å².